The van der Waals surface area contributed by atoms with E-state index in [9.17, 15) is 39.6 Å². The Balaban J connectivity index is 1.47. The van der Waals surface area contributed by atoms with Crippen molar-refractivity contribution < 1.29 is 39.6 Å². The van der Waals surface area contributed by atoms with Gasteiger partial charge in [-0.3, -0.25) is 0 Å². The molecule has 8 heteroatoms. The van der Waals surface area contributed by atoms with Crippen LogP contribution < -0.4 is 0 Å². The van der Waals surface area contributed by atoms with Crippen LogP contribution in [0.1, 0.15) is 41.4 Å². The molecule has 0 saturated carbocycles. The zero-order valence-corrected chi connectivity index (χ0v) is 29.3. The first-order chi connectivity index (χ1) is 27.1. The van der Waals surface area contributed by atoms with Crippen molar-refractivity contribution in [3.63, 3.8) is 0 Å². The molecule has 0 aliphatic carbocycles. The van der Waals surface area contributed by atoms with Crippen LogP contribution in [0.3, 0.4) is 0 Å². The van der Waals surface area contributed by atoms with Crippen molar-refractivity contribution in [2.24, 2.45) is 0 Å². The van der Waals surface area contributed by atoms with Gasteiger partial charge in [0.25, 0.3) is 0 Å². The van der Waals surface area contributed by atoms with E-state index in [0.717, 1.165) is 87.6 Å². The summed E-state index contributed by atoms with van der Waals surface area (Å²) < 4.78 is 0. The van der Waals surface area contributed by atoms with E-state index in [0.29, 0.717) is 0 Å². The van der Waals surface area contributed by atoms with Crippen LogP contribution >= 0.6 is 0 Å². The third-order valence-electron chi connectivity index (χ3n) is 10.6. The second-order valence-corrected chi connectivity index (χ2v) is 13.7. The van der Waals surface area contributed by atoms with Crippen molar-refractivity contribution in [1.82, 2.24) is 0 Å². The molecule has 0 fully saturated rings. The zero-order chi connectivity index (χ0) is 38.8. The van der Waals surface area contributed by atoms with E-state index in [1.54, 1.807) is 97.1 Å². The molecule has 0 aliphatic rings. The Morgan fingerprint density at radius 2 is 0.750 bits per heavy atom. The fourth-order valence-electron chi connectivity index (χ4n) is 7.96. The Morgan fingerprint density at radius 3 is 1.25 bits per heavy atom. The molecule has 9 aromatic carbocycles. The fourth-order valence-corrected chi connectivity index (χ4v) is 7.96. The first-order valence-corrected chi connectivity index (χ1v) is 17.6. The lowest BCUT2D eigenvalue weighted by Crippen LogP contribution is -1.98. The van der Waals surface area contributed by atoms with Crippen molar-refractivity contribution in [3.05, 3.63) is 168 Å². The van der Waals surface area contributed by atoms with Gasteiger partial charge < -0.3 is 20.4 Å². The maximum Gasteiger partial charge on any atom is 0.335 e. The van der Waals surface area contributed by atoms with Crippen LogP contribution in [-0.2, 0) is 0 Å². The van der Waals surface area contributed by atoms with Gasteiger partial charge in [0.2, 0.25) is 0 Å². The highest BCUT2D eigenvalue weighted by molar-refractivity contribution is 6.39. The summed E-state index contributed by atoms with van der Waals surface area (Å²) in [5.74, 6) is -4.13. The highest BCUT2D eigenvalue weighted by Gasteiger charge is 2.23. The minimum atomic E-state index is -1.04. The number of hydrogen-bond acceptors (Lipinski definition) is 4. The molecule has 0 saturated heterocycles. The SMILES string of the molecule is O=C(O)c1ccc(-c2cc3cccc4c5c(-c6ccc(C(=O)O)cc6)cc(-c6ccc(C(=O)O)cc6)c6ccc(-c7ccc(C(=O)O)cc7)c(c(c2)c34)c65)cc1. The zero-order valence-electron chi connectivity index (χ0n) is 29.3. The third kappa shape index (κ3) is 5.47. The average molecular weight is 733 g/mol. The number of carboxylic acids is 4. The number of carboxylic acid groups (broad SMARTS) is 4. The molecule has 0 spiro atoms. The molecule has 56 heavy (non-hydrogen) atoms. The van der Waals surface area contributed by atoms with Gasteiger partial charge in [-0.05, 0) is 154 Å². The van der Waals surface area contributed by atoms with Crippen molar-refractivity contribution in [1.29, 1.82) is 0 Å². The number of aromatic carboxylic acids is 4. The Morgan fingerprint density at radius 1 is 0.304 bits per heavy atom. The van der Waals surface area contributed by atoms with Gasteiger partial charge in [-0.15, -0.1) is 0 Å². The number of benzene rings is 9. The van der Waals surface area contributed by atoms with Crippen LogP contribution in [0.2, 0.25) is 0 Å². The van der Waals surface area contributed by atoms with E-state index in [1.165, 1.54) is 0 Å². The maximum absolute atomic E-state index is 11.9. The largest absolute Gasteiger partial charge is 0.478 e. The minimum Gasteiger partial charge on any atom is -0.478 e. The standard InChI is InChI=1S/C48H28O8/c49-45(50)29-12-4-25(5-13-29)34-22-33-2-1-3-37-41(33)40(23-34)42-35(26-6-14-30(15-7-26)46(51)52)20-21-36-38(27-8-16-31(17-9-27)47(53)54)24-39(43(37)44(36)42)28-10-18-32(19-11-28)48(55)56/h1-24H,(H,49,50)(H,51,52)(H,53,54)(H,55,56). The molecular weight excluding hydrogens is 705 g/mol. The van der Waals surface area contributed by atoms with Crippen LogP contribution in [0.25, 0.3) is 87.6 Å². The molecule has 0 aliphatic heterocycles. The van der Waals surface area contributed by atoms with Crippen molar-refractivity contribution in [2.75, 3.05) is 0 Å². The fraction of sp³-hybridized carbons (Fsp3) is 0. The lowest BCUT2D eigenvalue weighted by Gasteiger charge is -2.23. The highest BCUT2D eigenvalue weighted by Crippen LogP contribution is 2.50. The second-order valence-electron chi connectivity index (χ2n) is 13.7. The van der Waals surface area contributed by atoms with Gasteiger partial charge in [-0.25, -0.2) is 19.2 Å². The predicted molar refractivity (Wildman–Crippen MR) is 217 cm³/mol. The minimum absolute atomic E-state index is 0.150. The molecule has 9 rings (SSSR count). The Labute approximate surface area is 318 Å². The van der Waals surface area contributed by atoms with Crippen LogP contribution in [0.4, 0.5) is 0 Å². The summed E-state index contributed by atoms with van der Waals surface area (Å²) in [6.07, 6.45) is 0. The van der Waals surface area contributed by atoms with Crippen molar-refractivity contribution >= 4 is 67.0 Å². The van der Waals surface area contributed by atoms with Gasteiger partial charge in [0.1, 0.15) is 0 Å². The lowest BCUT2D eigenvalue weighted by atomic mass is 9.80. The molecule has 0 atom stereocenters. The number of carbonyl (C=O) groups is 4. The highest BCUT2D eigenvalue weighted by atomic mass is 16.4. The molecular formula is C48H28O8. The van der Waals surface area contributed by atoms with Gasteiger partial charge in [0.15, 0.2) is 0 Å². The summed E-state index contributed by atoms with van der Waals surface area (Å²) in [6.45, 7) is 0. The summed E-state index contributed by atoms with van der Waals surface area (Å²) in [5.41, 5.74) is 7.24. The van der Waals surface area contributed by atoms with Gasteiger partial charge >= 0.3 is 23.9 Å². The van der Waals surface area contributed by atoms with E-state index >= 15 is 0 Å². The van der Waals surface area contributed by atoms with Gasteiger partial charge in [0, 0.05) is 0 Å². The predicted octanol–water partition coefficient (Wildman–Crippen LogP) is 11.2. The summed E-state index contributed by atoms with van der Waals surface area (Å²) in [4.78, 5) is 47.3. The Kier molecular flexibility index (Phi) is 7.84. The van der Waals surface area contributed by atoms with E-state index in [-0.39, 0.29) is 22.3 Å². The van der Waals surface area contributed by atoms with Crippen molar-refractivity contribution in [2.45, 2.75) is 0 Å². The quantitative estimate of drug-likeness (QED) is 0.0891. The monoisotopic (exact) mass is 732 g/mol. The van der Waals surface area contributed by atoms with E-state index in [2.05, 4.69) is 24.3 Å². The smallest absolute Gasteiger partial charge is 0.335 e. The van der Waals surface area contributed by atoms with Gasteiger partial charge in [0.05, 0.1) is 22.3 Å². The lowest BCUT2D eigenvalue weighted by molar-refractivity contribution is 0.0686. The number of fused-ring (bicyclic) bond motifs is 2. The van der Waals surface area contributed by atoms with Gasteiger partial charge in [-0.1, -0.05) is 78.9 Å². The summed E-state index contributed by atoms with van der Waals surface area (Å²) in [6, 6.07) is 43.5. The van der Waals surface area contributed by atoms with Crippen molar-refractivity contribution in [3.8, 4) is 44.5 Å². The molecule has 9 aromatic rings. The molecule has 0 amide bonds. The normalized spacial score (nSPS) is 11.4. The maximum atomic E-state index is 11.9. The van der Waals surface area contributed by atoms with Gasteiger partial charge in [-0.2, -0.15) is 0 Å². The number of hydrogen-bond donors (Lipinski definition) is 4. The molecule has 268 valence electrons. The first kappa shape index (κ1) is 34.0. The Bertz CT molecular complexity index is 3090. The van der Waals surface area contributed by atoms with Crippen LogP contribution in [0, 0.1) is 0 Å². The number of rotatable bonds is 8. The molecule has 4 N–H and O–H groups in total. The van der Waals surface area contributed by atoms with E-state index in [1.807, 2.05) is 24.3 Å². The first-order valence-electron chi connectivity index (χ1n) is 17.6. The molecule has 0 bridgehead atoms. The van der Waals surface area contributed by atoms with Crippen LogP contribution in [0.15, 0.2) is 146 Å². The average Bonchev–Trinajstić information content (AvgIpc) is 3.22. The topological polar surface area (TPSA) is 149 Å². The molecule has 0 aromatic heterocycles. The summed E-state index contributed by atoms with van der Waals surface area (Å²) in [7, 11) is 0. The molecule has 0 unspecified atom stereocenters. The Hall–Kier alpha value is -7.84. The summed E-state index contributed by atoms with van der Waals surface area (Å²) in [5, 5.41) is 46.2. The summed E-state index contributed by atoms with van der Waals surface area (Å²) >= 11 is 0. The third-order valence-corrected chi connectivity index (χ3v) is 10.6. The molecule has 0 heterocycles. The van der Waals surface area contributed by atoms with E-state index < -0.39 is 23.9 Å². The molecule has 0 radical (unpaired) electrons. The van der Waals surface area contributed by atoms with E-state index in [4.69, 9.17) is 0 Å². The van der Waals surface area contributed by atoms with Crippen LogP contribution in [0.5, 0.6) is 0 Å². The second kappa shape index (κ2) is 12.9. The molecule has 8 nitrogen and oxygen atoms in total. The van der Waals surface area contributed by atoms with Crippen LogP contribution in [-0.4, -0.2) is 44.3 Å².